The van der Waals surface area contributed by atoms with E-state index < -0.39 is 0 Å². The Morgan fingerprint density at radius 3 is 0.719 bits per heavy atom. The number of rotatable bonds is 3. The molecular weight excluding hydrogens is 676 g/mol. The minimum absolute atomic E-state index is 0.657. The van der Waals surface area contributed by atoms with Gasteiger partial charge in [0.1, 0.15) is 171 Å². The number of furan rings is 2. The molecule has 0 saturated carbocycles. The predicted octanol–water partition coefficient (Wildman–Crippen LogP) is -24.4. The van der Waals surface area contributed by atoms with Crippen molar-refractivity contribution < 1.29 is 8.83 Å². The highest BCUT2D eigenvalue weighted by atomic mass is 16.3. The molecule has 57 heavy (non-hydrogen) atoms. The lowest BCUT2D eigenvalue weighted by molar-refractivity contribution is 0.674. The van der Waals surface area contributed by atoms with Crippen molar-refractivity contribution in [1.29, 1.82) is 0 Å². The van der Waals surface area contributed by atoms with Crippen LogP contribution in [-0.2, 0) is 0 Å². The largest absolute Gasteiger partial charge is 0.457 e. The average Bonchev–Trinajstić information content (AvgIpc) is 3.79. The third kappa shape index (κ3) is 5.33. The van der Waals surface area contributed by atoms with Crippen LogP contribution in [0, 0.1) is 0 Å². The first kappa shape index (κ1) is 39.8. The Hall–Kier alpha value is -4.06. The van der Waals surface area contributed by atoms with E-state index in [4.69, 9.17) is 23.8 Å². The normalized spacial score (nSPS) is 11.8. The van der Waals surface area contributed by atoms with E-state index in [0.29, 0.717) is 17.5 Å². The standard InChI is InChI=1S/C33H38B19N3O2/c34-8-1-3-10(36)18(44)23(49)25(51)29(3)56-27(1)16(42)6(12(8)38)32-53-31(5-14(40)20(46)22(48)21(47)15(5)41)54-33(55-32)7-13(39)9(35)2-4-11(37)19(45)24(50)26(52)30(4)57-28(2)17(7)43/h34-52H2. The fourth-order valence-electron chi connectivity index (χ4n) is 9.95. The summed E-state index contributed by atoms with van der Waals surface area (Å²) in [5.41, 5.74) is 30.0. The maximum atomic E-state index is 6.92. The first-order valence-corrected chi connectivity index (χ1v) is 20.4. The maximum Gasteiger partial charge on any atom is 0.163 e. The molecule has 0 unspecified atom stereocenters. The van der Waals surface area contributed by atoms with E-state index in [1.54, 1.807) is 0 Å². The monoisotopic (exact) mass is 717 g/mol. The fraction of sp³-hybridized carbons (Fsp3) is 0. The van der Waals surface area contributed by atoms with Gasteiger partial charge in [-0.15, -0.1) is 27.3 Å². The Morgan fingerprint density at radius 1 is 0.211 bits per heavy atom. The number of nitrogens with zero attached hydrogens (tertiary/aromatic N) is 3. The third-order valence-corrected chi connectivity index (χ3v) is 15.0. The van der Waals surface area contributed by atoms with E-state index in [9.17, 15) is 0 Å². The molecule has 0 atom stereocenters. The molecule has 0 aliphatic rings. The van der Waals surface area contributed by atoms with E-state index in [-0.39, 0.29) is 0 Å². The van der Waals surface area contributed by atoms with Gasteiger partial charge in [-0.05, 0) is 10.9 Å². The summed E-state index contributed by atoms with van der Waals surface area (Å²) in [6.07, 6.45) is 0. The van der Waals surface area contributed by atoms with Crippen LogP contribution in [0.3, 0.4) is 0 Å². The molecule has 8 rings (SSSR count). The van der Waals surface area contributed by atoms with E-state index >= 15 is 0 Å². The van der Waals surface area contributed by atoms with Gasteiger partial charge in [-0.1, -0.05) is 65.6 Å². The molecule has 24 heteroatoms. The smallest absolute Gasteiger partial charge is 0.163 e. The first-order valence-electron chi connectivity index (χ1n) is 20.4. The molecule has 8 aromatic rings. The number of hydrogen-bond acceptors (Lipinski definition) is 5. The van der Waals surface area contributed by atoms with Gasteiger partial charge < -0.3 is 8.83 Å². The van der Waals surface area contributed by atoms with Crippen molar-refractivity contribution in [1.82, 2.24) is 15.0 Å². The lowest BCUT2D eigenvalue weighted by Gasteiger charge is -2.21. The average molecular weight is 714 g/mol. The maximum absolute atomic E-state index is 6.92. The Bertz CT molecular complexity index is 2990. The molecule has 3 heterocycles. The number of hydrogen-bond donors (Lipinski definition) is 0. The molecule has 0 amide bonds. The Balaban J connectivity index is 1.52. The summed E-state index contributed by atoms with van der Waals surface area (Å²) in [6, 6.07) is 0. The van der Waals surface area contributed by atoms with Crippen molar-refractivity contribution >= 4 is 297 Å². The Labute approximate surface area is 352 Å². The summed E-state index contributed by atoms with van der Waals surface area (Å²) in [4.78, 5) is 16.4. The van der Waals surface area contributed by atoms with Crippen LogP contribution in [0.2, 0.25) is 0 Å². The second-order valence-electron chi connectivity index (χ2n) is 17.3. The lowest BCUT2D eigenvalue weighted by atomic mass is 9.60. The van der Waals surface area contributed by atoms with Crippen LogP contribution in [0.1, 0.15) is 0 Å². The molecule has 0 radical (unpaired) electrons. The molecule has 0 N–H and O–H groups in total. The van der Waals surface area contributed by atoms with Gasteiger partial charge in [-0.2, -0.15) is 0 Å². The molecule has 0 spiro atoms. The summed E-state index contributed by atoms with van der Waals surface area (Å²) in [6.45, 7) is 0. The van der Waals surface area contributed by atoms with Gasteiger partial charge in [-0.3, -0.25) is 0 Å². The van der Waals surface area contributed by atoms with E-state index in [1.807, 2.05) is 0 Å². The SMILES string of the molecule is Bc1c(B)c(B)c(-c2nc(-c3c(B)c(B)c4c(oc5c(B)c(B)c(B)c(B)c54)c3B)nc(-c3c(B)c(B)c4c(oc5c(B)c(B)c(B)c(B)c54)c3B)n2)c(B)c1B. The number of fused-ring (bicyclic) bond motifs is 6. The molecule has 0 aliphatic heterocycles. The molecule has 0 aliphatic carbocycles. The Morgan fingerprint density at radius 2 is 0.404 bits per heavy atom. The van der Waals surface area contributed by atoms with Crippen molar-refractivity contribution in [2.45, 2.75) is 0 Å². The minimum Gasteiger partial charge on any atom is -0.457 e. The molecule has 3 aromatic heterocycles. The van der Waals surface area contributed by atoms with Crippen molar-refractivity contribution in [3.05, 3.63) is 0 Å². The van der Waals surface area contributed by atoms with Crippen LogP contribution in [0.4, 0.5) is 0 Å². The first-order chi connectivity index (χ1) is 26.7. The third-order valence-electron chi connectivity index (χ3n) is 15.0. The fourth-order valence-corrected chi connectivity index (χ4v) is 9.95. The van der Waals surface area contributed by atoms with Gasteiger partial charge in [0.05, 0.1) is 0 Å². The zero-order valence-corrected chi connectivity index (χ0v) is 37.7. The number of benzene rings is 5. The summed E-state index contributed by atoms with van der Waals surface area (Å²) in [7, 11) is 42.0. The van der Waals surface area contributed by atoms with E-state index in [2.05, 4.69) is 149 Å². The second-order valence-corrected chi connectivity index (χ2v) is 17.3. The molecule has 254 valence electrons. The Kier molecular flexibility index (Phi) is 9.41. The van der Waals surface area contributed by atoms with Crippen molar-refractivity contribution in [3.63, 3.8) is 0 Å². The van der Waals surface area contributed by atoms with E-state index in [0.717, 1.165) is 60.9 Å². The number of aromatic nitrogens is 3. The van der Waals surface area contributed by atoms with Crippen LogP contribution in [-0.4, -0.2) is 164 Å². The van der Waals surface area contributed by atoms with Crippen molar-refractivity contribution in [3.8, 4) is 34.2 Å². The van der Waals surface area contributed by atoms with Crippen LogP contribution in [0.5, 0.6) is 0 Å². The van der Waals surface area contributed by atoms with Gasteiger partial charge in [-0.25, -0.2) is 15.0 Å². The highest BCUT2D eigenvalue weighted by Gasteiger charge is 2.28. The van der Waals surface area contributed by atoms with E-state index in [1.165, 1.54) is 103 Å². The second kappa shape index (κ2) is 13.5. The molecular formula is C33H38B19N3O2. The van der Waals surface area contributed by atoms with Crippen LogP contribution in [0.25, 0.3) is 78.0 Å². The molecule has 0 saturated heterocycles. The van der Waals surface area contributed by atoms with Crippen LogP contribution in [0.15, 0.2) is 8.83 Å². The highest BCUT2D eigenvalue weighted by molar-refractivity contribution is 6.72. The quantitative estimate of drug-likeness (QED) is 0.171. The van der Waals surface area contributed by atoms with Gasteiger partial charge in [0.25, 0.3) is 0 Å². The summed E-state index contributed by atoms with van der Waals surface area (Å²) in [5.74, 6) is 2.00. The van der Waals surface area contributed by atoms with Crippen molar-refractivity contribution in [2.24, 2.45) is 0 Å². The van der Waals surface area contributed by atoms with Gasteiger partial charge in [0.15, 0.2) is 17.5 Å². The summed E-state index contributed by atoms with van der Waals surface area (Å²) < 4.78 is 13.8. The zero-order valence-electron chi connectivity index (χ0n) is 37.7. The van der Waals surface area contributed by atoms with Gasteiger partial charge >= 0.3 is 0 Å². The summed E-state index contributed by atoms with van der Waals surface area (Å²) in [5, 5.41) is 4.80. The molecule has 0 bridgehead atoms. The summed E-state index contributed by atoms with van der Waals surface area (Å²) >= 11 is 0. The topological polar surface area (TPSA) is 65.0 Å². The predicted molar refractivity (Wildman–Crippen MR) is 306 cm³/mol. The van der Waals surface area contributed by atoms with Gasteiger partial charge in [0, 0.05) is 38.2 Å². The van der Waals surface area contributed by atoms with Gasteiger partial charge in [0.2, 0.25) is 0 Å². The molecule has 0 fully saturated rings. The molecule has 5 nitrogen and oxygen atoms in total. The zero-order chi connectivity index (χ0) is 41.6. The minimum atomic E-state index is 0.657. The highest BCUT2D eigenvalue weighted by Crippen LogP contribution is 2.28. The van der Waals surface area contributed by atoms with Crippen LogP contribution < -0.4 is 104 Å². The lowest BCUT2D eigenvalue weighted by Crippen LogP contribution is -2.55. The molecule has 5 aromatic carbocycles. The van der Waals surface area contributed by atoms with Crippen molar-refractivity contribution in [2.75, 3.05) is 0 Å². The van der Waals surface area contributed by atoms with Crippen LogP contribution >= 0.6 is 0 Å².